The van der Waals surface area contributed by atoms with Crippen molar-refractivity contribution in [3.05, 3.63) is 70.8 Å². The number of aryl methyl sites for hydroxylation is 1. The minimum atomic E-state index is 0.0270. The molecule has 0 saturated heterocycles. The molecule has 2 rings (SSSR count). The fourth-order valence-electron chi connectivity index (χ4n) is 2.44. The molecular formula is C20H25NO. The van der Waals surface area contributed by atoms with Crippen LogP contribution in [0.25, 0.3) is 0 Å². The van der Waals surface area contributed by atoms with Crippen molar-refractivity contribution in [3.63, 3.8) is 0 Å². The van der Waals surface area contributed by atoms with Gasteiger partial charge in [0, 0.05) is 0 Å². The Bertz CT molecular complexity index is 611. The highest BCUT2D eigenvalue weighted by atomic mass is 16.1. The molecule has 0 saturated carbocycles. The lowest BCUT2D eigenvalue weighted by Crippen LogP contribution is -2.28. The van der Waals surface area contributed by atoms with Gasteiger partial charge in [-0.25, -0.2) is 0 Å². The van der Waals surface area contributed by atoms with Crippen LogP contribution in [-0.4, -0.2) is 5.91 Å². The molecule has 22 heavy (non-hydrogen) atoms. The molecule has 0 aliphatic carbocycles. The highest BCUT2D eigenvalue weighted by Crippen LogP contribution is 2.18. The largest absolute Gasteiger partial charge is 0.349 e. The number of nitrogens with one attached hydrogen (secondary N) is 1. The van der Waals surface area contributed by atoms with Crippen molar-refractivity contribution in [2.45, 2.75) is 46.1 Å². The van der Waals surface area contributed by atoms with Gasteiger partial charge in [-0.1, -0.05) is 67.9 Å². The van der Waals surface area contributed by atoms with E-state index in [-0.39, 0.29) is 11.9 Å². The van der Waals surface area contributed by atoms with Gasteiger partial charge in [-0.05, 0) is 36.5 Å². The summed E-state index contributed by atoms with van der Waals surface area (Å²) in [6.07, 6.45) is 0.425. The third-order valence-electron chi connectivity index (χ3n) is 3.97. The Morgan fingerprint density at radius 2 is 1.45 bits per heavy atom. The van der Waals surface area contributed by atoms with E-state index in [1.54, 1.807) is 0 Å². The van der Waals surface area contributed by atoms with Crippen LogP contribution in [0.4, 0.5) is 0 Å². The van der Waals surface area contributed by atoms with E-state index in [2.05, 4.69) is 43.4 Å². The molecule has 0 fully saturated rings. The molecule has 0 aliphatic heterocycles. The molecule has 1 atom stereocenters. The zero-order chi connectivity index (χ0) is 16.1. The van der Waals surface area contributed by atoms with Crippen LogP contribution in [0.2, 0.25) is 0 Å². The van der Waals surface area contributed by atoms with E-state index in [1.165, 1.54) is 11.1 Å². The van der Waals surface area contributed by atoms with Crippen LogP contribution in [-0.2, 0) is 11.2 Å². The quantitative estimate of drug-likeness (QED) is 0.862. The maximum Gasteiger partial charge on any atom is 0.224 e. The summed E-state index contributed by atoms with van der Waals surface area (Å²) in [5.74, 6) is 0.588. The van der Waals surface area contributed by atoms with Gasteiger partial charge in [-0.2, -0.15) is 0 Å². The first kappa shape index (κ1) is 16.3. The van der Waals surface area contributed by atoms with Gasteiger partial charge in [0.25, 0.3) is 0 Å². The molecule has 0 spiro atoms. The third-order valence-corrected chi connectivity index (χ3v) is 3.97. The van der Waals surface area contributed by atoms with Crippen LogP contribution in [0.3, 0.4) is 0 Å². The Hall–Kier alpha value is -2.09. The molecule has 1 amide bonds. The predicted octanol–water partition coefficient (Wildman–Crippen LogP) is 4.54. The van der Waals surface area contributed by atoms with Gasteiger partial charge in [0.15, 0.2) is 0 Å². The van der Waals surface area contributed by atoms with E-state index in [0.717, 1.165) is 11.1 Å². The molecule has 116 valence electrons. The maximum absolute atomic E-state index is 12.1. The van der Waals surface area contributed by atoms with E-state index < -0.39 is 0 Å². The highest BCUT2D eigenvalue weighted by Gasteiger charge is 2.10. The highest BCUT2D eigenvalue weighted by molar-refractivity contribution is 5.79. The summed E-state index contributed by atoms with van der Waals surface area (Å²) in [5, 5.41) is 3.07. The van der Waals surface area contributed by atoms with Gasteiger partial charge in [0.2, 0.25) is 5.91 Å². The molecular weight excluding hydrogens is 270 g/mol. The molecule has 1 N–H and O–H groups in total. The zero-order valence-corrected chi connectivity index (χ0v) is 13.9. The summed E-state index contributed by atoms with van der Waals surface area (Å²) < 4.78 is 0. The van der Waals surface area contributed by atoms with E-state index in [9.17, 15) is 4.79 Å². The molecule has 0 bridgehead atoms. The second kappa shape index (κ2) is 7.26. The second-order valence-corrected chi connectivity index (χ2v) is 6.27. The van der Waals surface area contributed by atoms with E-state index in [0.29, 0.717) is 12.3 Å². The number of benzene rings is 2. The van der Waals surface area contributed by atoms with Crippen LogP contribution in [0.5, 0.6) is 0 Å². The average molecular weight is 295 g/mol. The summed E-state index contributed by atoms with van der Waals surface area (Å²) in [7, 11) is 0. The van der Waals surface area contributed by atoms with E-state index >= 15 is 0 Å². The van der Waals surface area contributed by atoms with Crippen molar-refractivity contribution in [1.82, 2.24) is 5.32 Å². The van der Waals surface area contributed by atoms with Crippen molar-refractivity contribution in [3.8, 4) is 0 Å². The molecule has 2 nitrogen and oxygen atoms in total. The summed E-state index contributed by atoms with van der Waals surface area (Å²) in [5.41, 5.74) is 4.72. The molecule has 0 aromatic heterocycles. The molecule has 0 heterocycles. The first-order valence-electron chi connectivity index (χ1n) is 7.90. The fraction of sp³-hybridized carbons (Fsp3) is 0.350. The zero-order valence-electron chi connectivity index (χ0n) is 13.9. The third kappa shape index (κ3) is 4.45. The maximum atomic E-state index is 12.1. The monoisotopic (exact) mass is 295 g/mol. The van der Waals surface area contributed by atoms with Crippen LogP contribution >= 0.6 is 0 Å². The minimum Gasteiger partial charge on any atom is -0.349 e. The van der Waals surface area contributed by atoms with Gasteiger partial charge in [-0.15, -0.1) is 0 Å². The van der Waals surface area contributed by atoms with Crippen molar-refractivity contribution in [2.75, 3.05) is 0 Å². The summed E-state index contributed by atoms with van der Waals surface area (Å²) in [4.78, 5) is 12.1. The van der Waals surface area contributed by atoms with Gasteiger partial charge in [-0.3, -0.25) is 4.79 Å². The van der Waals surface area contributed by atoms with Gasteiger partial charge in [0.05, 0.1) is 12.5 Å². The second-order valence-electron chi connectivity index (χ2n) is 6.27. The number of hydrogen-bond acceptors (Lipinski definition) is 1. The van der Waals surface area contributed by atoms with Gasteiger partial charge < -0.3 is 5.32 Å². The normalized spacial score (nSPS) is 12.2. The molecule has 1 unspecified atom stereocenters. The number of amides is 1. The fourth-order valence-corrected chi connectivity index (χ4v) is 2.44. The number of rotatable bonds is 5. The topological polar surface area (TPSA) is 29.1 Å². The number of carbonyl (C=O) groups excluding carboxylic acids is 1. The lowest BCUT2D eigenvalue weighted by molar-refractivity contribution is -0.121. The predicted molar refractivity (Wildman–Crippen MR) is 92.0 cm³/mol. The minimum absolute atomic E-state index is 0.0270. The summed E-state index contributed by atoms with van der Waals surface area (Å²) >= 11 is 0. The lowest BCUT2D eigenvalue weighted by Gasteiger charge is -2.15. The van der Waals surface area contributed by atoms with Crippen molar-refractivity contribution in [1.29, 1.82) is 0 Å². The van der Waals surface area contributed by atoms with Gasteiger partial charge in [0.1, 0.15) is 0 Å². The Kier molecular flexibility index (Phi) is 5.37. The summed E-state index contributed by atoms with van der Waals surface area (Å²) in [6, 6.07) is 16.6. The van der Waals surface area contributed by atoms with Crippen LogP contribution in [0.1, 0.15) is 55.0 Å². The summed E-state index contributed by atoms with van der Waals surface area (Å²) in [6.45, 7) is 8.44. The molecule has 0 radical (unpaired) electrons. The molecule has 2 aromatic rings. The Morgan fingerprint density at radius 1 is 0.909 bits per heavy atom. The average Bonchev–Trinajstić information content (AvgIpc) is 2.49. The first-order chi connectivity index (χ1) is 10.5. The molecule has 2 heteroatoms. The Morgan fingerprint density at radius 3 is 2.00 bits per heavy atom. The van der Waals surface area contributed by atoms with Crippen LogP contribution < -0.4 is 5.32 Å². The Labute approximate surface area is 133 Å². The standard InChI is InChI=1S/C20H25NO/c1-14(2)18-9-11-19(12-10-18)16(4)21-20(22)13-17-7-5-15(3)6-8-17/h5-12,14,16H,13H2,1-4H3,(H,21,22). The van der Waals surface area contributed by atoms with Crippen LogP contribution in [0, 0.1) is 6.92 Å². The smallest absolute Gasteiger partial charge is 0.224 e. The number of hydrogen-bond donors (Lipinski definition) is 1. The Balaban J connectivity index is 1.94. The molecule has 0 aliphatic rings. The number of carbonyl (C=O) groups is 1. The van der Waals surface area contributed by atoms with Crippen molar-refractivity contribution < 1.29 is 4.79 Å². The van der Waals surface area contributed by atoms with Gasteiger partial charge >= 0.3 is 0 Å². The van der Waals surface area contributed by atoms with E-state index in [1.807, 2.05) is 38.1 Å². The first-order valence-corrected chi connectivity index (χ1v) is 7.90. The molecule has 2 aromatic carbocycles. The lowest BCUT2D eigenvalue weighted by atomic mass is 9.99. The van der Waals surface area contributed by atoms with Crippen LogP contribution in [0.15, 0.2) is 48.5 Å². The van der Waals surface area contributed by atoms with Crippen molar-refractivity contribution >= 4 is 5.91 Å². The van der Waals surface area contributed by atoms with Crippen molar-refractivity contribution in [2.24, 2.45) is 0 Å². The van der Waals surface area contributed by atoms with E-state index in [4.69, 9.17) is 0 Å². The SMILES string of the molecule is Cc1ccc(CC(=O)NC(C)c2ccc(C(C)C)cc2)cc1.